The third kappa shape index (κ3) is 5.42. The fourth-order valence-corrected chi connectivity index (χ4v) is 4.45. The van der Waals surface area contributed by atoms with Crippen LogP contribution in [0.5, 0.6) is 5.75 Å². The maximum absolute atomic E-state index is 12.9. The third-order valence-electron chi connectivity index (χ3n) is 5.05. The van der Waals surface area contributed by atoms with Gasteiger partial charge in [-0.15, -0.1) is 0 Å². The van der Waals surface area contributed by atoms with Crippen molar-refractivity contribution in [3.8, 4) is 5.75 Å². The molecule has 0 saturated carbocycles. The maximum atomic E-state index is 12.9. The lowest BCUT2D eigenvalue weighted by molar-refractivity contribution is 0.185. The number of ether oxygens (including phenoxy) is 1. The molecule has 28 heavy (non-hydrogen) atoms. The number of hydrogen-bond donors (Lipinski definition) is 0. The van der Waals surface area contributed by atoms with Crippen molar-refractivity contribution in [2.24, 2.45) is 5.92 Å². The molecule has 3 rings (SSSR count). The van der Waals surface area contributed by atoms with E-state index in [2.05, 4.69) is 6.07 Å². The molecule has 1 aliphatic heterocycles. The van der Waals surface area contributed by atoms with E-state index in [1.165, 1.54) is 27.9 Å². The van der Waals surface area contributed by atoms with Gasteiger partial charge in [0.2, 0.25) is 10.0 Å². The highest BCUT2D eigenvalue weighted by Crippen LogP contribution is 2.24. The molecule has 0 aromatic heterocycles. The van der Waals surface area contributed by atoms with Crippen LogP contribution in [-0.2, 0) is 10.0 Å². The van der Waals surface area contributed by atoms with Gasteiger partial charge in [-0.05, 0) is 73.6 Å². The number of nitrogens with zero attached hydrogens (tertiary/aromatic N) is 1. The number of halogens is 1. The monoisotopic (exact) mass is 403 g/mol. The van der Waals surface area contributed by atoms with Crippen molar-refractivity contribution in [1.82, 2.24) is 4.31 Å². The topological polar surface area (TPSA) is 46.6 Å². The molecular weight excluding hydrogens is 377 g/mol. The Balaban J connectivity index is 1.52. The minimum atomic E-state index is -3.48. The molecule has 2 aromatic rings. The van der Waals surface area contributed by atoms with Crippen molar-refractivity contribution in [3.05, 3.63) is 70.4 Å². The Bertz CT molecular complexity index is 931. The first-order valence-corrected chi connectivity index (χ1v) is 11.0. The van der Waals surface area contributed by atoms with E-state index in [1.54, 1.807) is 12.1 Å². The third-order valence-corrected chi connectivity index (χ3v) is 6.62. The van der Waals surface area contributed by atoms with Crippen molar-refractivity contribution in [3.63, 3.8) is 0 Å². The predicted octanol–water partition coefficient (Wildman–Crippen LogP) is 4.53. The largest absolute Gasteiger partial charge is 0.493 e. The fraction of sp³-hybridized carbons (Fsp3) is 0.364. The molecule has 1 aliphatic rings. The van der Waals surface area contributed by atoms with Crippen molar-refractivity contribution < 1.29 is 17.5 Å². The molecule has 1 heterocycles. The Hall–Kier alpha value is -2.18. The molecule has 0 spiro atoms. The summed E-state index contributed by atoms with van der Waals surface area (Å²) in [5.74, 6) is 0.898. The standard InChI is InChI=1S/C22H26FNO3S/c1-17-3-4-18(2)22(15-17)27-16-20-9-12-24(13-10-20)28(25,26)14-11-19-5-7-21(23)8-6-19/h3-8,11,14-15,20H,9-10,12-13,16H2,1-2H3. The second kappa shape index (κ2) is 8.88. The lowest BCUT2D eigenvalue weighted by Gasteiger charge is -2.30. The van der Waals surface area contributed by atoms with Crippen LogP contribution in [0.15, 0.2) is 47.9 Å². The van der Waals surface area contributed by atoms with Crippen LogP contribution in [0.4, 0.5) is 4.39 Å². The van der Waals surface area contributed by atoms with Gasteiger partial charge in [0.25, 0.3) is 0 Å². The zero-order valence-corrected chi connectivity index (χ0v) is 17.1. The lowest BCUT2D eigenvalue weighted by atomic mass is 9.99. The molecule has 1 saturated heterocycles. The van der Waals surface area contributed by atoms with E-state index in [4.69, 9.17) is 4.74 Å². The summed E-state index contributed by atoms with van der Waals surface area (Å²) >= 11 is 0. The molecule has 0 unspecified atom stereocenters. The van der Waals surface area contributed by atoms with Crippen LogP contribution < -0.4 is 4.74 Å². The molecule has 0 N–H and O–H groups in total. The Morgan fingerprint density at radius 1 is 1.11 bits per heavy atom. The summed E-state index contributed by atoms with van der Waals surface area (Å²) in [5.41, 5.74) is 2.92. The summed E-state index contributed by atoms with van der Waals surface area (Å²) in [6, 6.07) is 11.9. The van der Waals surface area contributed by atoms with Crippen LogP contribution in [0, 0.1) is 25.6 Å². The maximum Gasteiger partial charge on any atom is 0.236 e. The van der Waals surface area contributed by atoms with Crippen LogP contribution in [0.25, 0.3) is 6.08 Å². The van der Waals surface area contributed by atoms with E-state index in [0.29, 0.717) is 31.2 Å². The normalized spacial score (nSPS) is 16.5. The SMILES string of the molecule is Cc1ccc(C)c(OCC2CCN(S(=O)(=O)C=Cc3ccc(F)cc3)CC2)c1. The average Bonchev–Trinajstić information content (AvgIpc) is 2.68. The van der Waals surface area contributed by atoms with E-state index < -0.39 is 10.0 Å². The highest BCUT2D eigenvalue weighted by Gasteiger charge is 2.26. The first-order chi connectivity index (χ1) is 13.3. The lowest BCUT2D eigenvalue weighted by Crippen LogP contribution is -2.38. The van der Waals surface area contributed by atoms with Gasteiger partial charge in [-0.3, -0.25) is 0 Å². The molecular formula is C22H26FNO3S. The van der Waals surface area contributed by atoms with Gasteiger partial charge in [0.05, 0.1) is 6.61 Å². The first-order valence-electron chi connectivity index (χ1n) is 9.47. The van der Waals surface area contributed by atoms with Crippen LogP contribution in [0.3, 0.4) is 0 Å². The fourth-order valence-electron chi connectivity index (χ4n) is 3.23. The average molecular weight is 404 g/mol. The molecule has 0 aliphatic carbocycles. The Morgan fingerprint density at radius 2 is 1.79 bits per heavy atom. The van der Waals surface area contributed by atoms with Crippen LogP contribution >= 0.6 is 0 Å². The second-order valence-corrected chi connectivity index (χ2v) is 9.14. The van der Waals surface area contributed by atoms with Gasteiger partial charge in [-0.25, -0.2) is 12.8 Å². The molecule has 4 nitrogen and oxygen atoms in total. The van der Waals surface area contributed by atoms with E-state index in [1.807, 2.05) is 26.0 Å². The number of aryl methyl sites for hydroxylation is 2. The van der Waals surface area contributed by atoms with Gasteiger partial charge in [0, 0.05) is 18.5 Å². The van der Waals surface area contributed by atoms with Gasteiger partial charge in [0.15, 0.2) is 0 Å². The number of hydrogen-bond acceptors (Lipinski definition) is 3. The first kappa shape index (κ1) is 20.6. The van der Waals surface area contributed by atoms with E-state index in [-0.39, 0.29) is 5.82 Å². The minimum absolute atomic E-state index is 0.340. The summed E-state index contributed by atoms with van der Waals surface area (Å²) in [4.78, 5) is 0. The summed E-state index contributed by atoms with van der Waals surface area (Å²) in [6.45, 7) is 5.63. The van der Waals surface area contributed by atoms with Crippen LogP contribution in [-0.4, -0.2) is 32.4 Å². The summed E-state index contributed by atoms with van der Waals surface area (Å²) in [5, 5.41) is 1.20. The van der Waals surface area contributed by atoms with Gasteiger partial charge in [0.1, 0.15) is 11.6 Å². The molecule has 0 amide bonds. The van der Waals surface area contributed by atoms with Crippen LogP contribution in [0.1, 0.15) is 29.5 Å². The Kier molecular flexibility index (Phi) is 6.52. The second-order valence-electron chi connectivity index (χ2n) is 7.32. The number of benzene rings is 2. The van der Waals surface area contributed by atoms with Crippen molar-refractivity contribution in [2.75, 3.05) is 19.7 Å². The number of sulfonamides is 1. The van der Waals surface area contributed by atoms with E-state index in [9.17, 15) is 12.8 Å². The van der Waals surface area contributed by atoms with Gasteiger partial charge < -0.3 is 4.74 Å². The molecule has 0 radical (unpaired) electrons. The molecule has 1 fully saturated rings. The van der Waals surface area contributed by atoms with Crippen LogP contribution in [0.2, 0.25) is 0 Å². The smallest absolute Gasteiger partial charge is 0.236 e. The predicted molar refractivity (Wildman–Crippen MR) is 110 cm³/mol. The quantitative estimate of drug-likeness (QED) is 0.712. The zero-order chi connectivity index (χ0) is 20.1. The van der Waals surface area contributed by atoms with Gasteiger partial charge in [-0.2, -0.15) is 4.31 Å². The minimum Gasteiger partial charge on any atom is -0.493 e. The molecule has 0 bridgehead atoms. The summed E-state index contributed by atoms with van der Waals surface area (Å²) in [6.07, 6.45) is 3.05. The number of piperidine rings is 1. The summed E-state index contributed by atoms with van der Waals surface area (Å²) < 4.78 is 45.5. The molecule has 2 aromatic carbocycles. The van der Waals surface area contributed by atoms with E-state index in [0.717, 1.165) is 29.7 Å². The summed E-state index contributed by atoms with van der Waals surface area (Å²) in [7, 11) is -3.48. The molecule has 6 heteroatoms. The Labute approximate surface area is 166 Å². The van der Waals surface area contributed by atoms with Crippen molar-refractivity contribution >= 4 is 16.1 Å². The van der Waals surface area contributed by atoms with Crippen molar-refractivity contribution in [2.45, 2.75) is 26.7 Å². The highest BCUT2D eigenvalue weighted by atomic mass is 32.2. The number of rotatable bonds is 6. The van der Waals surface area contributed by atoms with E-state index >= 15 is 0 Å². The van der Waals surface area contributed by atoms with Crippen molar-refractivity contribution in [1.29, 1.82) is 0 Å². The van der Waals surface area contributed by atoms with Gasteiger partial charge in [-0.1, -0.05) is 24.3 Å². The zero-order valence-electron chi connectivity index (χ0n) is 16.3. The highest BCUT2D eigenvalue weighted by molar-refractivity contribution is 7.92. The Morgan fingerprint density at radius 3 is 2.46 bits per heavy atom. The van der Waals surface area contributed by atoms with Gasteiger partial charge >= 0.3 is 0 Å². The molecule has 150 valence electrons. The molecule has 0 atom stereocenters.